The van der Waals surface area contributed by atoms with Crippen LogP contribution in [0.15, 0.2) is 24.3 Å². The first kappa shape index (κ1) is 9.99. The van der Waals surface area contributed by atoms with Crippen LogP contribution in [0.2, 0.25) is 0 Å². The fourth-order valence-electron chi connectivity index (χ4n) is 2.07. The van der Waals surface area contributed by atoms with Crippen LogP contribution in [-0.4, -0.2) is 18.4 Å². The lowest BCUT2D eigenvalue weighted by Gasteiger charge is -2.16. The zero-order valence-corrected chi connectivity index (χ0v) is 9.63. The summed E-state index contributed by atoms with van der Waals surface area (Å²) >= 11 is 3.56. The highest BCUT2D eigenvalue weighted by Crippen LogP contribution is 2.30. The minimum atomic E-state index is 0.609. The first-order valence-electron chi connectivity index (χ1n) is 4.93. The van der Waals surface area contributed by atoms with Gasteiger partial charge in [0.15, 0.2) is 0 Å². The Morgan fingerprint density at radius 3 is 3.00 bits per heavy atom. The van der Waals surface area contributed by atoms with Crippen molar-refractivity contribution < 1.29 is 0 Å². The van der Waals surface area contributed by atoms with Crippen LogP contribution >= 0.6 is 15.9 Å². The predicted molar refractivity (Wildman–Crippen MR) is 63.7 cm³/mol. The number of nitrogen functional groups attached to an aromatic ring is 1. The van der Waals surface area contributed by atoms with E-state index in [9.17, 15) is 0 Å². The number of rotatable bonds is 2. The number of hydrogen-bond donors (Lipinski definition) is 2. The van der Waals surface area contributed by atoms with Gasteiger partial charge < -0.3 is 11.1 Å². The quantitative estimate of drug-likeness (QED) is 0.626. The topological polar surface area (TPSA) is 38.0 Å². The maximum absolute atomic E-state index is 5.78. The van der Waals surface area contributed by atoms with E-state index in [1.807, 2.05) is 12.1 Å². The van der Waals surface area contributed by atoms with Gasteiger partial charge >= 0.3 is 0 Å². The van der Waals surface area contributed by atoms with Gasteiger partial charge in [-0.1, -0.05) is 28.1 Å². The number of nitrogens with one attached hydrogen (secondary N) is 1. The van der Waals surface area contributed by atoms with Gasteiger partial charge in [0, 0.05) is 23.5 Å². The smallest absolute Gasteiger partial charge is 0.0316 e. The molecule has 1 aliphatic heterocycles. The van der Waals surface area contributed by atoms with Gasteiger partial charge in [0.2, 0.25) is 0 Å². The van der Waals surface area contributed by atoms with E-state index in [0.29, 0.717) is 11.8 Å². The summed E-state index contributed by atoms with van der Waals surface area (Å²) < 4.78 is 0. The van der Waals surface area contributed by atoms with Crippen LogP contribution in [0.5, 0.6) is 0 Å². The van der Waals surface area contributed by atoms with E-state index >= 15 is 0 Å². The van der Waals surface area contributed by atoms with E-state index in [1.54, 1.807) is 0 Å². The van der Waals surface area contributed by atoms with Crippen LogP contribution in [0.4, 0.5) is 5.69 Å². The van der Waals surface area contributed by atoms with Crippen molar-refractivity contribution in [1.29, 1.82) is 0 Å². The average molecular weight is 255 g/mol. The van der Waals surface area contributed by atoms with Crippen LogP contribution in [0.3, 0.4) is 0 Å². The molecule has 0 spiro atoms. The maximum Gasteiger partial charge on any atom is 0.0316 e. The van der Waals surface area contributed by atoms with Gasteiger partial charge in [-0.25, -0.2) is 0 Å². The molecule has 0 aliphatic carbocycles. The van der Waals surface area contributed by atoms with Crippen molar-refractivity contribution in [2.45, 2.75) is 5.92 Å². The second-order valence-electron chi connectivity index (χ2n) is 3.85. The molecule has 0 saturated carbocycles. The highest BCUT2D eigenvalue weighted by molar-refractivity contribution is 9.09. The molecule has 0 amide bonds. The van der Waals surface area contributed by atoms with E-state index < -0.39 is 0 Å². The largest absolute Gasteiger partial charge is 0.399 e. The standard InChI is InChI=1S/C11H15BrN2/c12-5-9-6-14-7-11(9)8-2-1-3-10(13)4-8/h1-4,9,11,14H,5-7,13H2. The Hall–Kier alpha value is -0.540. The number of alkyl halides is 1. The fraction of sp³-hybridized carbons (Fsp3) is 0.455. The lowest BCUT2D eigenvalue weighted by molar-refractivity contribution is 0.585. The molecule has 1 fully saturated rings. The van der Waals surface area contributed by atoms with Crippen LogP contribution in [-0.2, 0) is 0 Å². The fourth-order valence-corrected chi connectivity index (χ4v) is 2.76. The Labute approximate surface area is 93.0 Å². The summed E-state index contributed by atoms with van der Waals surface area (Å²) in [7, 11) is 0. The number of hydrogen-bond acceptors (Lipinski definition) is 2. The van der Waals surface area contributed by atoms with Crippen LogP contribution in [0.1, 0.15) is 11.5 Å². The molecular formula is C11H15BrN2. The first-order chi connectivity index (χ1) is 6.81. The summed E-state index contributed by atoms with van der Waals surface area (Å²) in [6.45, 7) is 2.17. The Morgan fingerprint density at radius 2 is 2.29 bits per heavy atom. The first-order valence-corrected chi connectivity index (χ1v) is 6.05. The summed E-state index contributed by atoms with van der Waals surface area (Å²) in [6, 6.07) is 8.24. The molecule has 1 heterocycles. The molecule has 1 aliphatic rings. The van der Waals surface area contributed by atoms with Crippen molar-refractivity contribution in [3.8, 4) is 0 Å². The monoisotopic (exact) mass is 254 g/mol. The molecule has 1 saturated heterocycles. The second kappa shape index (κ2) is 4.32. The molecule has 1 aromatic carbocycles. The third-order valence-corrected chi connectivity index (χ3v) is 3.71. The molecule has 2 nitrogen and oxygen atoms in total. The third kappa shape index (κ3) is 1.93. The van der Waals surface area contributed by atoms with Crippen molar-refractivity contribution in [2.75, 3.05) is 24.2 Å². The van der Waals surface area contributed by atoms with Crippen LogP contribution < -0.4 is 11.1 Å². The number of anilines is 1. The number of nitrogens with two attached hydrogens (primary N) is 1. The molecule has 1 aromatic rings. The summed E-state index contributed by atoms with van der Waals surface area (Å²) in [5.74, 6) is 1.30. The van der Waals surface area contributed by atoms with E-state index in [0.717, 1.165) is 24.1 Å². The molecule has 3 heteroatoms. The third-order valence-electron chi connectivity index (χ3n) is 2.88. The van der Waals surface area contributed by atoms with Gasteiger partial charge in [-0.15, -0.1) is 0 Å². The highest BCUT2D eigenvalue weighted by Gasteiger charge is 2.27. The van der Waals surface area contributed by atoms with Crippen molar-refractivity contribution >= 4 is 21.6 Å². The Kier molecular flexibility index (Phi) is 3.08. The number of benzene rings is 1. The summed E-state index contributed by atoms with van der Waals surface area (Å²) in [6.07, 6.45) is 0. The maximum atomic E-state index is 5.78. The van der Waals surface area contributed by atoms with Gasteiger partial charge in [0.25, 0.3) is 0 Å². The Morgan fingerprint density at radius 1 is 1.43 bits per heavy atom. The molecule has 2 atom stereocenters. The van der Waals surface area contributed by atoms with E-state index in [4.69, 9.17) is 5.73 Å². The zero-order valence-electron chi connectivity index (χ0n) is 8.04. The minimum absolute atomic E-state index is 0.609. The van der Waals surface area contributed by atoms with Gasteiger partial charge in [0.05, 0.1) is 0 Å². The highest BCUT2D eigenvalue weighted by atomic mass is 79.9. The van der Waals surface area contributed by atoms with Gasteiger partial charge in [-0.3, -0.25) is 0 Å². The van der Waals surface area contributed by atoms with E-state index in [-0.39, 0.29) is 0 Å². The van der Waals surface area contributed by atoms with E-state index in [1.165, 1.54) is 5.56 Å². The molecule has 14 heavy (non-hydrogen) atoms. The van der Waals surface area contributed by atoms with Crippen molar-refractivity contribution in [3.63, 3.8) is 0 Å². The SMILES string of the molecule is Nc1cccc(C2CNCC2CBr)c1. The summed E-state index contributed by atoms with van der Waals surface area (Å²) in [5.41, 5.74) is 8.01. The molecular weight excluding hydrogens is 240 g/mol. The molecule has 3 N–H and O–H groups in total. The summed E-state index contributed by atoms with van der Waals surface area (Å²) in [5, 5.41) is 4.48. The molecule has 2 unspecified atom stereocenters. The minimum Gasteiger partial charge on any atom is -0.399 e. The number of halogens is 1. The molecule has 2 rings (SSSR count). The second-order valence-corrected chi connectivity index (χ2v) is 4.50. The lowest BCUT2D eigenvalue weighted by Crippen LogP contribution is -2.12. The molecule has 0 bridgehead atoms. The van der Waals surface area contributed by atoms with Crippen molar-refractivity contribution in [2.24, 2.45) is 5.92 Å². The molecule has 0 aromatic heterocycles. The van der Waals surface area contributed by atoms with Gasteiger partial charge in [-0.2, -0.15) is 0 Å². The van der Waals surface area contributed by atoms with Crippen molar-refractivity contribution in [3.05, 3.63) is 29.8 Å². The van der Waals surface area contributed by atoms with Crippen LogP contribution in [0.25, 0.3) is 0 Å². The Balaban J connectivity index is 2.21. The molecule has 0 radical (unpaired) electrons. The van der Waals surface area contributed by atoms with Gasteiger partial charge in [-0.05, 0) is 30.2 Å². The lowest BCUT2D eigenvalue weighted by atomic mass is 9.90. The summed E-state index contributed by atoms with van der Waals surface area (Å²) in [4.78, 5) is 0. The molecule has 76 valence electrons. The van der Waals surface area contributed by atoms with Gasteiger partial charge in [0.1, 0.15) is 0 Å². The average Bonchev–Trinajstić information content (AvgIpc) is 2.65. The zero-order chi connectivity index (χ0) is 9.97. The predicted octanol–water partition coefficient (Wildman–Crippen LogP) is 1.97. The Bertz CT molecular complexity index is 314. The van der Waals surface area contributed by atoms with E-state index in [2.05, 4.69) is 33.4 Å². The van der Waals surface area contributed by atoms with Crippen molar-refractivity contribution in [1.82, 2.24) is 5.32 Å². The normalized spacial score (nSPS) is 26.6. The van der Waals surface area contributed by atoms with Crippen LogP contribution in [0, 0.1) is 5.92 Å².